The van der Waals surface area contributed by atoms with Gasteiger partial charge in [0.15, 0.2) is 0 Å². The zero-order valence-corrected chi connectivity index (χ0v) is 15.7. The minimum Gasteiger partial charge on any atom is -0.460 e. The van der Waals surface area contributed by atoms with Gasteiger partial charge in [0.05, 0.1) is 23.5 Å². The Morgan fingerprint density at radius 3 is 2.72 bits per heavy atom. The molecule has 0 fully saturated rings. The van der Waals surface area contributed by atoms with Crippen LogP contribution in [0.15, 0.2) is 53.0 Å². The number of ether oxygens (including phenoxy) is 1. The molecule has 0 aromatic heterocycles. The van der Waals surface area contributed by atoms with Crippen LogP contribution in [0.3, 0.4) is 0 Å². The van der Waals surface area contributed by atoms with E-state index >= 15 is 0 Å². The van der Waals surface area contributed by atoms with Gasteiger partial charge in [-0.05, 0) is 44.2 Å². The molecule has 25 heavy (non-hydrogen) atoms. The second-order valence-electron chi connectivity index (χ2n) is 6.37. The quantitative estimate of drug-likeness (QED) is 0.789. The molecule has 2 aromatic carbocycles. The van der Waals surface area contributed by atoms with Crippen LogP contribution in [-0.4, -0.2) is 30.6 Å². The fourth-order valence-corrected chi connectivity index (χ4v) is 3.20. The molecule has 130 valence electrons. The number of fused-ring (bicyclic) bond motifs is 1. The predicted molar refractivity (Wildman–Crippen MR) is 101 cm³/mol. The maximum atomic E-state index is 12.7. The molecule has 0 unspecified atom stereocenters. The molecule has 1 aliphatic rings. The first-order valence-corrected chi connectivity index (χ1v) is 8.80. The number of nitrogens with zero attached hydrogens (tertiary/aromatic N) is 1. The summed E-state index contributed by atoms with van der Waals surface area (Å²) in [6.07, 6.45) is 0. The number of halogens is 1. The maximum absolute atomic E-state index is 12.7. The molecule has 1 N–H and O–H groups in total. The SMILES string of the molecule is CC1(C)Nc2ccccc2N(CCOC(=O)c2cccc(Br)c2)C1=O. The Hall–Kier alpha value is -2.34. The molecule has 1 amide bonds. The van der Waals surface area contributed by atoms with Gasteiger partial charge in [-0.2, -0.15) is 0 Å². The van der Waals surface area contributed by atoms with Crippen LogP contribution in [0, 0.1) is 0 Å². The van der Waals surface area contributed by atoms with Crippen molar-refractivity contribution in [1.29, 1.82) is 0 Å². The molecule has 0 saturated carbocycles. The van der Waals surface area contributed by atoms with E-state index in [2.05, 4.69) is 21.2 Å². The number of hydrogen-bond acceptors (Lipinski definition) is 4. The van der Waals surface area contributed by atoms with Crippen molar-refractivity contribution in [3.05, 3.63) is 58.6 Å². The normalized spacial score (nSPS) is 15.3. The highest BCUT2D eigenvalue weighted by Gasteiger charge is 2.38. The summed E-state index contributed by atoms with van der Waals surface area (Å²) in [4.78, 5) is 26.5. The first kappa shape index (κ1) is 17.5. The zero-order valence-electron chi connectivity index (χ0n) is 14.1. The topological polar surface area (TPSA) is 58.6 Å². The summed E-state index contributed by atoms with van der Waals surface area (Å²) < 4.78 is 6.16. The van der Waals surface area contributed by atoms with Gasteiger partial charge >= 0.3 is 5.97 Å². The third-order valence-electron chi connectivity index (χ3n) is 4.03. The third kappa shape index (κ3) is 3.69. The largest absolute Gasteiger partial charge is 0.460 e. The number of amides is 1. The monoisotopic (exact) mass is 402 g/mol. The highest BCUT2D eigenvalue weighted by atomic mass is 79.9. The van der Waals surface area contributed by atoms with E-state index in [4.69, 9.17) is 4.74 Å². The number of esters is 1. The number of para-hydroxylation sites is 2. The molecule has 0 saturated heterocycles. The van der Waals surface area contributed by atoms with E-state index in [1.54, 1.807) is 23.1 Å². The van der Waals surface area contributed by atoms with Crippen molar-refractivity contribution in [2.45, 2.75) is 19.4 Å². The number of benzene rings is 2. The minimum absolute atomic E-state index is 0.0512. The highest BCUT2D eigenvalue weighted by Crippen LogP contribution is 2.34. The Morgan fingerprint density at radius 1 is 1.20 bits per heavy atom. The fourth-order valence-electron chi connectivity index (χ4n) is 2.80. The van der Waals surface area contributed by atoms with E-state index < -0.39 is 11.5 Å². The molecule has 2 aromatic rings. The summed E-state index contributed by atoms with van der Waals surface area (Å²) in [5.74, 6) is -0.457. The van der Waals surface area contributed by atoms with Gasteiger partial charge < -0.3 is 15.0 Å². The zero-order chi connectivity index (χ0) is 18.0. The van der Waals surface area contributed by atoms with Crippen LogP contribution in [0.25, 0.3) is 0 Å². The number of carbonyl (C=O) groups excluding carboxylic acids is 2. The third-order valence-corrected chi connectivity index (χ3v) is 4.52. The molecule has 1 heterocycles. The van der Waals surface area contributed by atoms with Gasteiger partial charge in [-0.3, -0.25) is 4.79 Å². The Labute approximate surface area is 155 Å². The Kier molecular flexibility index (Phi) is 4.81. The van der Waals surface area contributed by atoms with Crippen molar-refractivity contribution in [2.75, 3.05) is 23.4 Å². The van der Waals surface area contributed by atoms with Crippen molar-refractivity contribution in [2.24, 2.45) is 0 Å². The van der Waals surface area contributed by atoms with E-state index in [1.807, 2.05) is 44.2 Å². The van der Waals surface area contributed by atoms with Gasteiger partial charge in [0.25, 0.3) is 5.91 Å². The summed E-state index contributed by atoms with van der Waals surface area (Å²) in [5, 5.41) is 3.24. The predicted octanol–water partition coefficient (Wildman–Crippen LogP) is 3.84. The van der Waals surface area contributed by atoms with E-state index in [-0.39, 0.29) is 12.5 Å². The summed E-state index contributed by atoms with van der Waals surface area (Å²) in [6, 6.07) is 14.6. The molecule has 0 aliphatic carbocycles. The lowest BCUT2D eigenvalue weighted by atomic mass is 9.98. The van der Waals surface area contributed by atoms with Crippen molar-refractivity contribution in [3.63, 3.8) is 0 Å². The second-order valence-corrected chi connectivity index (χ2v) is 7.29. The van der Waals surface area contributed by atoms with Gasteiger partial charge in [-0.25, -0.2) is 4.79 Å². The lowest BCUT2D eigenvalue weighted by Gasteiger charge is -2.39. The Balaban J connectivity index is 1.70. The fraction of sp³-hybridized carbons (Fsp3) is 0.263. The lowest BCUT2D eigenvalue weighted by Crippen LogP contribution is -2.54. The first-order chi connectivity index (χ1) is 11.9. The number of rotatable bonds is 4. The maximum Gasteiger partial charge on any atom is 0.338 e. The van der Waals surface area contributed by atoms with Gasteiger partial charge in [0.2, 0.25) is 0 Å². The van der Waals surface area contributed by atoms with Crippen molar-refractivity contribution < 1.29 is 14.3 Å². The molecule has 6 heteroatoms. The molecule has 0 radical (unpaired) electrons. The summed E-state index contributed by atoms with van der Waals surface area (Å²) >= 11 is 3.33. The van der Waals surface area contributed by atoms with Crippen molar-refractivity contribution in [3.8, 4) is 0 Å². The van der Waals surface area contributed by atoms with E-state index in [9.17, 15) is 9.59 Å². The standard InChI is InChI=1S/C19H19BrN2O3/c1-19(2)18(24)22(16-9-4-3-8-15(16)21-19)10-11-25-17(23)13-6-5-7-14(20)12-13/h3-9,12,21H,10-11H2,1-2H3. The van der Waals surface area contributed by atoms with E-state index in [0.29, 0.717) is 12.1 Å². The molecule has 5 nitrogen and oxygen atoms in total. The van der Waals surface area contributed by atoms with E-state index in [0.717, 1.165) is 15.8 Å². The molecule has 0 spiro atoms. The average Bonchev–Trinajstić information content (AvgIpc) is 2.58. The molecular formula is C19H19BrN2O3. The number of hydrogen-bond donors (Lipinski definition) is 1. The number of nitrogens with one attached hydrogen (secondary N) is 1. The molecular weight excluding hydrogens is 384 g/mol. The summed E-state index contributed by atoms with van der Waals surface area (Å²) in [6.45, 7) is 4.11. The average molecular weight is 403 g/mol. The van der Waals surface area contributed by atoms with Crippen LogP contribution in [0.2, 0.25) is 0 Å². The molecule has 0 bridgehead atoms. The van der Waals surface area contributed by atoms with Gasteiger partial charge in [-0.1, -0.05) is 34.1 Å². The van der Waals surface area contributed by atoms with Crippen molar-refractivity contribution in [1.82, 2.24) is 0 Å². The second kappa shape index (κ2) is 6.88. The molecule has 3 rings (SSSR count). The minimum atomic E-state index is -0.706. The highest BCUT2D eigenvalue weighted by molar-refractivity contribution is 9.10. The van der Waals surface area contributed by atoms with Crippen LogP contribution in [0.4, 0.5) is 11.4 Å². The smallest absolute Gasteiger partial charge is 0.338 e. The van der Waals surface area contributed by atoms with E-state index in [1.165, 1.54) is 0 Å². The van der Waals surface area contributed by atoms with Gasteiger partial charge in [0, 0.05) is 4.47 Å². The summed E-state index contributed by atoms with van der Waals surface area (Å²) in [7, 11) is 0. The van der Waals surface area contributed by atoms with Crippen LogP contribution < -0.4 is 10.2 Å². The molecule has 0 atom stereocenters. The molecule has 1 aliphatic heterocycles. The van der Waals surface area contributed by atoms with Crippen LogP contribution >= 0.6 is 15.9 Å². The van der Waals surface area contributed by atoms with Crippen LogP contribution in [-0.2, 0) is 9.53 Å². The van der Waals surface area contributed by atoms with Crippen LogP contribution in [0.5, 0.6) is 0 Å². The number of anilines is 2. The van der Waals surface area contributed by atoms with Crippen LogP contribution in [0.1, 0.15) is 24.2 Å². The lowest BCUT2D eigenvalue weighted by molar-refractivity contribution is -0.122. The van der Waals surface area contributed by atoms with Gasteiger partial charge in [0.1, 0.15) is 12.1 Å². The van der Waals surface area contributed by atoms with Crippen molar-refractivity contribution >= 4 is 39.2 Å². The Morgan fingerprint density at radius 2 is 1.96 bits per heavy atom. The number of carbonyl (C=O) groups is 2. The first-order valence-electron chi connectivity index (χ1n) is 8.00. The summed E-state index contributed by atoms with van der Waals surface area (Å²) in [5.41, 5.74) is 1.46. The van der Waals surface area contributed by atoms with Gasteiger partial charge in [-0.15, -0.1) is 0 Å². The Bertz CT molecular complexity index is 820.